The molecule has 0 aliphatic carbocycles. The van der Waals surface area contributed by atoms with E-state index in [9.17, 15) is 4.89 Å². The van der Waals surface area contributed by atoms with Gasteiger partial charge in [0.1, 0.15) is 0 Å². The van der Waals surface area contributed by atoms with Crippen molar-refractivity contribution in [2.45, 2.75) is 155 Å². The molecule has 1 rings (SSSR count). The Morgan fingerprint density at radius 1 is 0.571 bits per heavy atom. The van der Waals surface area contributed by atoms with E-state index in [1.165, 1.54) is 140 Å². The lowest BCUT2D eigenvalue weighted by Gasteiger charge is -2.42. The Kier molecular flexibility index (Phi) is 20.9. The van der Waals surface area contributed by atoms with E-state index in [0.29, 0.717) is 5.75 Å². The average Bonchev–Trinajstić information content (AvgIpc) is 2.81. The molecule has 0 radical (unpaired) electrons. The molecule has 0 aliphatic rings. The number of hydrogen-bond donors (Lipinski definition) is 0. The number of unbranched alkanes of at least 4 members (excludes halogenated alkanes) is 18. The van der Waals surface area contributed by atoms with Crippen LogP contribution in [0, 0.1) is 0 Å². The summed E-state index contributed by atoms with van der Waals surface area (Å²) >= 11 is 9.64. The minimum atomic E-state index is -3.36. The maximum atomic E-state index is 11.8. The Labute approximate surface area is 229 Å². The second-order valence-corrected chi connectivity index (χ2v) is 15.0. The highest BCUT2D eigenvalue weighted by atomic mass is 33.1. The second kappa shape index (κ2) is 22.1. The van der Waals surface area contributed by atoms with Gasteiger partial charge in [0.25, 0.3) is 0 Å². The summed E-state index contributed by atoms with van der Waals surface area (Å²) in [5.41, 5.74) is 2.74. The molecule has 0 bridgehead atoms. The van der Waals surface area contributed by atoms with Crippen molar-refractivity contribution in [1.82, 2.24) is 0 Å². The summed E-state index contributed by atoms with van der Waals surface area (Å²) in [5.74, 6) is 0.576. The molecule has 35 heavy (non-hydrogen) atoms. The molecule has 1 aromatic rings. The van der Waals surface area contributed by atoms with Crippen molar-refractivity contribution in [3.63, 3.8) is 0 Å². The van der Waals surface area contributed by atoms with Crippen LogP contribution < -0.4 is 9.42 Å². The Hall–Kier alpha value is 0.110. The van der Waals surface area contributed by atoms with E-state index in [1.54, 1.807) is 0 Å². The van der Waals surface area contributed by atoms with Gasteiger partial charge in [-0.15, -0.1) is 6.12 Å². The molecule has 0 N–H and O–H groups in total. The highest BCUT2D eigenvalue weighted by molar-refractivity contribution is 8.69. The fourth-order valence-corrected chi connectivity index (χ4v) is 5.76. The number of benzene rings is 1. The van der Waals surface area contributed by atoms with Gasteiger partial charge in [-0.05, 0) is 48.9 Å². The van der Waals surface area contributed by atoms with Crippen molar-refractivity contribution in [3.05, 3.63) is 29.3 Å². The first-order chi connectivity index (χ1) is 17.0. The van der Waals surface area contributed by atoms with Gasteiger partial charge in [0, 0.05) is 0 Å². The van der Waals surface area contributed by atoms with E-state index in [2.05, 4.69) is 19.9 Å². The molecule has 0 aliphatic heterocycles. The lowest BCUT2D eigenvalue weighted by Crippen LogP contribution is -2.09. The predicted octanol–water partition coefficient (Wildman–Crippen LogP) is 10.1. The van der Waals surface area contributed by atoms with E-state index in [-0.39, 0.29) is 0 Å². The van der Waals surface area contributed by atoms with Gasteiger partial charge in [-0.2, -0.15) is 0 Å². The average molecular weight is 541 g/mol. The van der Waals surface area contributed by atoms with Crippen LogP contribution in [0.5, 0.6) is 5.75 Å². The van der Waals surface area contributed by atoms with Gasteiger partial charge in [0.15, 0.2) is 5.75 Å². The number of rotatable bonds is 24. The Bertz CT molecular complexity index is 619. The van der Waals surface area contributed by atoms with Gasteiger partial charge < -0.3 is 33.9 Å². The normalized spacial score (nSPS) is 11.8. The highest BCUT2D eigenvalue weighted by Crippen LogP contribution is 2.46. The fraction of sp³-hybridized carbons (Fsp3) is 0.800. The molecule has 5 heteroatoms. The number of aryl methyl sites for hydroxylation is 2. The monoisotopic (exact) mass is 540 g/mol. The predicted molar refractivity (Wildman–Crippen MR) is 160 cm³/mol. The lowest BCUT2D eigenvalue weighted by molar-refractivity contribution is -0.169. The molecule has 0 spiro atoms. The molecule has 0 fully saturated rings. The van der Waals surface area contributed by atoms with Crippen LogP contribution in [0.15, 0.2) is 18.2 Å². The molecule has 204 valence electrons. The Balaban J connectivity index is 2.35. The van der Waals surface area contributed by atoms with Crippen molar-refractivity contribution in [2.75, 3.05) is 0 Å². The van der Waals surface area contributed by atoms with Crippen molar-refractivity contribution in [2.24, 2.45) is 0 Å². The molecular weight excluding hydrogens is 487 g/mol. The van der Waals surface area contributed by atoms with Crippen LogP contribution in [0.25, 0.3) is 0 Å². The molecule has 2 nitrogen and oxygen atoms in total. The minimum absolute atomic E-state index is 0.576. The van der Waals surface area contributed by atoms with Crippen molar-refractivity contribution < 1.29 is 9.42 Å². The van der Waals surface area contributed by atoms with Gasteiger partial charge in [-0.1, -0.05) is 135 Å². The van der Waals surface area contributed by atoms with Crippen LogP contribution in [0.4, 0.5) is 0 Å². The Morgan fingerprint density at radius 2 is 0.943 bits per heavy atom. The van der Waals surface area contributed by atoms with Gasteiger partial charge >= 0.3 is 0 Å². The van der Waals surface area contributed by atoms with Crippen LogP contribution in [0.3, 0.4) is 0 Å². The topological polar surface area (TPSA) is 32.3 Å². The lowest BCUT2D eigenvalue weighted by atomic mass is 9.96. The molecule has 0 amide bonds. The second-order valence-electron chi connectivity index (χ2n) is 10.3. The maximum absolute atomic E-state index is 11.8. The fourth-order valence-electron chi connectivity index (χ4n) is 4.87. The molecule has 0 unspecified atom stereocenters. The van der Waals surface area contributed by atoms with Gasteiger partial charge in [-0.25, -0.2) is 0 Å². The molecule has 0 heterocycles. The maximum Gasteiger partial charge on any atom is 0.168 e. The van der Waals surface area contributed by atoms with E-state index in [0.717, 1.165) is 12.8 Å². The quantitative estimate of drug-likeness (QED) is 0.0741. The molecule has 0 aromatic heterocycles. The zero-order valence-corrected chi connectivity index (χ0v) is 25.4. The largest absolute Gasteiger partial charge is 0.682 e. The van der Waals surface area contributed by atoms with E-state index in [4.69, 9.17) is 29.0 Å². The van der Waals surface area contributed by atoms with Crippen LogP contribution >= 0.6 is 6.12 Å². The summed E-state index contributed by atoms with van der Waals surface area (Å²) in [6, 6.07) is 6.10. The smallest absolute Gasteiger partial charge is 0.168 e. The van der Waals surface area contributed by atoms with Gasteiger partial charge in [0.05, 0.1) is 0 Å². The number of hydrogen-bond acceptors (Lipinski definition) is 4. The van der Waals surface area contributed by atoms with Crippen molar-refractivity contribution in [1.29, 1.82) is 0 Å². The van der Waals surface area contributed by atoms with Crippen molar-refractivity contribution in [3.8, 4) is 5.75 Å². The van der Waals surface area contributed by atoms with Gasteiger partial charge in [-0.3, -0.25) is 0 Å². The van der Waals surface area contributed by atoms with E-state index < -0.39 is 6.12 Å². The standard InChI is InChI=1S/C30H55O2PS2/c1-3-5-7-9-11-13-15-17-19-21-23-28-25-26-30(32-33(31,34)35)27-29(28)24-22-20-18-16-14-12-10-8-6-4-2/h25-27H,3-24H2,1-2H3,(H2,31,34,35)/p-2. The molecular formula is C30H53O2PS2-2. The third-order valence-corrected chi connectivity index (χ3v) is 7.88. The van der Waals surface area contributed by atoms with Gasteiger partial charge in [0.2, 0.25) is 0 Å². The summed E-state index contributed by atoms with van der Waals surface area (Å²) in [6.45, 7) is 4.55. The van der Waals surface area contributed by atoms with E-state index in [1.807, 2.05) is 12.1 Å². The van der Waals surface area contributed by atoms with Crippen LogP contribution in [-0.4, -0.2) is 0 Å². The van der Waals surface area contributed by atoms with Crippen LogP contribution in [0.2, 0.25) is 0 Å². The van der Waals surface area contributed by atoms with Crippen molar-refractivity contribution >= 4 is 30.6 Å². The summed E-state index contributed by atoms with van der Waals surface area (Å²) in [6.07, 6.45) is 25.8. The highest BCUT2D eigenvalue weighted by Gasteiger charge is 2.08. The first kappa shape index (κ1) is 33.1. The molecule has 0 saturated heterocycles. The molecule has 0 saturated carbocycles. The van der Waals surface area contributed by atoms with Crippen LogP contribution in [0.1, 0.15) is 153 Å². The molecule has 0 atom stereocenters. The van der Waals surface area contributed by atoms with Crippen LogP contribution in [-0.2, 0) is 37.3 Å². The summed E-state index contributed by atoms with van der Waals surface area (Å²) in [5, 5.41) is 0. The zero-order chi connectivity index (χ0) is 25.6. The summed E-state index contributed by atoms with van der Waals surface area (Å²) < 4.78 is 5.39. The zero-order valence-electron chi connectivity index (χ0n) is 22.9. The third kappa shape index (κ3) is 19.8. The summed E-state index contributed by atoms with van der Waals surface area (Å²) in [4.78, 5) is 11.8. The first-order valence-corrected chi connectivity index (χ1v) is 18.4. The molecule has 1 aromatic carbocycles. The van der Waals surface area contributed by atoms with E-state index >= 15 is 0 Å². The SMILES string of the molecule is CCCCCCCCCCCCc1ccc(O[P+]([O-])([S-])[S-])cc1CCCCCCCCCCCC. The Morgan fingerprint density at radius 3 is 1.34 bits per heavy atom. The minimum Gasteiger partial charge on any atom is -0.682 e. The third-order valence-electron chi connectivity index (χ3n) is 6.99. The summed E-state index contributed by atoms with van der Waals surface area (Å²) in [7, 11) is 0. The first-order valence-electron chi connectivity index (χ1n) is 14.8.